The molecule has 0 radical (unpaired) electrons. The molecule has 0 bridgehead atoms. The summed E-state index contributed by atoms with van der Waals surface area (Å²) in [6.45, 7) is 7.62. The van der Waals surface area contributed by atoms with Gasteiger partial charge in [-0.3, -0.25) is 0 Å². The number of halogens is 2. The first kappa shape index (κ1) is 18.1. The highest BCUT2D eigenvalue weighted by atomic mass is 35.5. The molecule has 2 heterocycles. The highest BCUT2D eigenvalue weighted by molar-refractivity contribution is 6.35. The van der Waals surface area contributed by atoms with Gasteiger partial charge in [0.05, 0.1) is 5.69 Å². The summed E-state index contributed by atoms with van der Waals surface area (Å²) in [6, 6.07) is 6.39. The third-order valence-corrected chi connectivity index (χ3v) is 6.58. The van der Waals surface area contributed by atoms with E-state index >= 15 is 0 Å². The maximum absolute atomic E-state index is 6.55. The molecule has 138 valence electrons. The van der Waals surface area contributed by atoms with E-state index in [9.17, 15) is 0 Å². The molecule has 0 spiro atoms. The summed E-state index contributed by atoms with van der Waals surface area (Å²) in [4.78, 5) is 12.3. The average Bonchev–Trinajstić information content (AvgIpc) is 2.97. The summed E-state index contributed by atoms with van der Waals surface area (Å²) < 4.78 is 0. The molecular formula is C21H25Cl2N3. The monoisotopic (exact) mass is 389 g/mol. The van der Waals surface area contributed by atoms with Crippen LogP contribution in [0.15, 0.2) is 18.2 Å². The Balaban J connectivity index is 1.83. The summed E-state index contributed by atoms with van der Waals surface area (Å²) in [5, 5.41) is 1.41. The molecule has 2 atom stereocenters. The number of aromatic nitrogens is 2. The number of hydrogen-bond donors (Lipinski definition) is 0. The molecule has 1 aliphatic carbocycles. The lowest BCUT2D eigenvalue weighted by molar-refractivity contribution is 0.499. The highest BCUT2D eigenvalue weighted by Gasteiger charge is 2.41. The van der Waals surface area contributed by atoms with Crippen molar-refractivity contribution >= 4 is 29.0 Å². The fourth-order valence-corrected chi connectivity index (χ4v) is 5.30. The van der Waals surface area contributed by atoms with Crippen LogP contribution in [0.2, 0.25) is 10.0 Å². The van der Waals surface area contributed by atoms with Crippen molar-refractivity contribution in [3.8, 4) is 0 Å². The largest absolute Gasteiger partial charge is 0.353 e. The first-order valence-corrected chi connectivity index (χ1v) is 10.4. The maximum Gasteiger partial charge on any atom is 0.136 e. The zero-order valence-electron chi connectivity index (χ0n) is 15.6. The van der Waals surface area contributed by atoms with E-state index in [0.29, 0.717) is 17.0 Å². The molecule has 1 aromatic heterocycles. The molecule has 1 aliphatic heterocycles. The predicted molar refractivity (Wildman–Crippen MR) is 109 cm³/mol. The van der Waals surface area contributed by atoms with Gasteiger partial charge in [-0.15, -0.1) is 0 Å². The second-order valence-corrected chi connectivity index (χ2v) is 8.35. The van der Waals surface area contributed by atoms with Crippen LogP contribution < -0.4 is 4.90 Å². The van der Waals surface area contributed by atoms with Crippen LogP contribution >= 0.6 is 23.2 Å². The lowest BCUT2D eigenvalue weighted by Gasteiger charge is -2.28. The number of benzene rings is 1. The van der Waals surface area contributed by atoms with Crippen LogP contribution in [0.4, 0.5) is 5.82 Å². The Kier molecular flexibility index (Phi) is 4.87. The molecule has 5 heteroatoms. The van der Waals surface area contributed by atoms with Crippen LogP contribution in [-0.2, 0) is 0 Å². The van der Waals surface area contributed by atoms with E-state index in [1.807, 2.05) is 19.1 Å². The van der Waals surface area contributed by atoms with E-state index in [1.54, 1.807) is 0 Å². The van der Waals surface area contributed by atoms with Gasteiger partial charge >= 0.3 is 0 Å². The summed E-state index contributed by atoms with van der Waals surface area (Å²) >= 11 is 12.7. The van der Waals surface area contributed by atoms with Gasteiger partial charge in [0.15, 0.2) is 0 Å². The molecule has 26 heavy (non-hydrogen) atoms. The molecule has 1 aromatic carbocycles. The van der Waals surface area contributed by atoms with E-state index in [1.165, 1.54) is 17.1 Å². The van der Waals surface area contributed by atoms with Crippen molar-refractivity contribution in [2.75, 3.05) is 11.4 Å². The third kappa shape index (κ3) is 2.90. The molecule has 0 amide bonds. The summed E-state index contributed by atoms with van der Waals surface area (Å²) in [6.07, 6.45) is 4.53. The van der Waals surface area contributed by atoms with Gasteiger partial charge in [-0.25, -0.2) is 9.97 Å². The Labute approximate surface area is 165 Å². The normalized spacial score (nSPS) is 21.4. The Hall–Kier alpha value is -1.32. The molecule has 0 saturated carbocycles. The fraction of sp³-hybridized carbons (Fsp3) is 0.524. The third-order valence-electron chi connectivity index (χ3n) is 6.02. The van der Waals surface area contributed by atoms with Crippen LogP contribution in [0.3, 0.4) is 0 Å². The van der Waals surface area contributed by atoms with Crippen molar-refractivity contribution in [1.82, 2.24) is 9.97 Å². The average molecular weight is 390 g/mol. The van der Waals surface area contributed by atoms with Crippen LogP contribution in [0, 0.1) is 6.92 Å². The van der Waals surface area contributed by atoms with Crippen molar-refractivity contribution in [1.29, 1.82) is 0 Å². The number of anilines is 1. The Morgan fingerprint density at radius 1 is 1.15 bits per heavy atom. The van der Waals surface area contributed by atoms with Crippen LogP contribution in [0.25, 0.3) is 0 Å². The Bertz CT molecular complexity index is 832. The lowest BCUT2D eigenvalue weighted by atomic mass is 9.78. The topological polar surface area (TPSA) is 29.0 Å². The van der Waals surface area contributed by atoms with Crippen molar-refractivity contribution < 1.29 is 0 Å². The zero-order chi connectivity index (χ0) is 18.4. The molecule has 0 N–H and O–H groups in total. The van der Waals surface area contributed by atoms with Gasteiger partial charge < -0.3 is 4.90 Å². The molecule has 3 nitrogen and oxygen atoms in total. The second kappa shape index (κ2) is 7.01. The van der Waals surface area contributed by atoms with E-state index in [4.69, 9.17) is 33.2 Å². The smallest absolute Gasteiger partial charge is 0.136 e. The van der Waals surface area contributed by atoms with Crippen LogP contribution in [0.1, 0.15) is 74.0 Å². The van der Waals surface area contributed by atoms with Gasteiger partial charge in [-0.05, 0) is 50.3 Å². The molecule has 2 aliphatic rings. The molecule has 0 saturated heterocycles. The van der Waals surface area contributed by atoms with Gasteiger partial charge in [0.25, 0.3) is 0 Å². The van der Waals surface area contributed by atoms with Crippen molar-refractivity contribution in [2.45, 2.75) is 64.3 Å². The SMILES string of the molecule is CCC(CC)N1CC2CCC(c3ccc(Cl)cc3Cl)c3nc(C)nc1c32. The van der Waals surface area contributed by atoms with E-state index in [-0.39, 0.29) is 5.92 Å². The summed E-state index contributed by atoms with van der Waals surface area (Å²) in [5.74, 6) is 2.80. The van der Waals surface area contributed by atoms with E-state index < -0.39 is 0 Å². The minimum Gasteiger partial charge on any atom is -0.353 e. The van der Waals surface area contributed by atoms with E-state index in [2.05, 4.69) is 24.8 Å². The summed E-state index contributed by atoms with van der Waals surface area (Å²) in [5.41, 5.74) is 3.68. The van der Waals surface area contributed by atoms with Gasteiger partial charge in [0.1, 0.15) is 11.6 Å². The molecule has 4 rings (SSSR count). The zero-order valence-corrected chi connectivity index (χ0v) is 17.1. The fourth-order valence-electron chi connectivity index (χ4n) is 4.76. The first-order chi connectivity index (χ1) is 12.5. The van der Waals surface area contributed by atoms with Gasteiger partial charge in [0.2, 0.25) is 0 Å². The molecule has 0 fully saturated rings. The van der Waals surface area contributed by atoms with Crippen molar-refractivity contribution in [3.63, 3.8) is 0 Å². The Morgan fingerprint density at radius 3 is 2.62 bits per heavy atom. The predicted octanol–water partition coefficient (Wildman–Crippen LogP) is 6.11. The van der Waals surface area contributed by atoms with Crippen LogP contribution in [0.5, 0.6) is 0 Å². The minimum atomic E-state index is 0.230. The molecule has 2 aromatic rings. The van der Waals surface area contributed by atoms with Gasteiger partial charge in [0, 0.05) is 40.0 Å². The standard InChI is InChI=1S/C21H25Cl2N3/c1-4-15(5-2)26-11-13-6-8-17(16-9-7-14(22)10-18(16)23)20-19(13)21(26)25-12(3)24-20/h7,9-10,13,15,17H,4-6,8,11H2,1-3H3. The van der Waals surface area contributed by atoms with Crippen molar-refractivity contribution in [3.05, 3.63) is 50.9 Å². The summed E-state index contributed by atoms with van der Waals surface area (Å²) in [7, 11) is 0. The van der Waals surface area contributed by atoms with E-state index in [0.717, 1.165) is 48.6 Å². The van der Waals surface area contributed by atoms with Crippen molar-refractivity contribution in [2.24, 2.45) is 0 Å². The quantitative estimate of drug-likeness (QED) is 0.631. The maximum atomic E-state index is 6.55. The number of rotatable bonds is 4. The lowest BCUT2D eigenvalue weighted by Crippen LogP contribution is -2.34. The highest BCUT2D eigenvalue weighted by Crippen LogP contribution is 2.50. The number of nitrogens with zero attached hydrogens (tertiary/aromatic N) is 3. The number of aryl methyl sites for hydroxylation is 1. The van der Waals surface area contributed by atoms with Crippen LogP contribution in [-0.4, -0.2) is 22.6 Å². The second-order valence-electron chi connectivity index (χ2n) is 7.51. The molecular weight excluding hydrogens is 365 g/mol. The van der Waals surface area contributed by atoms with Gasteiger partial charge in [-0.1, -0.05) is 43.1 Å². The first-order valence-electron chi connectivity index (χ1n) is 9.63. The number of hydrogen-bond acceptors (Lipinski definition) is 3. The Morgan fingerprint density at radius 2 is 1.92 bits per heavy atom. The van der Waals surface area contributed by atoms with Gasteiger partial charge in [-0.2, -0.15) is 0 Å². The minimum absolute atomic E-state index is 0.230. The molecule has 2 unspecified atom stereocenters.